The molecule has 7 unspecified atom stereocenters. The number of carbonyl (C=O) groups is 1. The van der Waals surface area contributed by atoms with E-state index in [0.29, 0.717) is 6.42 Å². The largest absolute Gasteiger partial charge is 0.394 e. The minimum absolute atomic E-state index is 0.186. The van der Waals surface area contributed by atoms with E-state index >= 15 is 0 Å². The fourth-order valence-corrected chi connectivity index (χ4v) is 11.6. The monoisotopic (exact) mass is 1180 g/mol. The van der Waals surface area contributed by atoms with Crippen molar-refractivity contribution in [2.24, 2.45) is 0 Å². The third kappa shape index (κ3) is 51.9. The van der Waals surface area contributed by atoms with Crippen LogP contribution in [0, 0.1) is 0 Å². The smallest absolute Gasteiger partial charge is 0.220 e. The highest BCUT2D eigenvalue weighted by Crippen LogP contribution is 2.23. The zero-order valence-electron chi connectivity index (χ0n) is 55.2. The quantitative estimate of drug-likeness (QED) is 0.0261. The lowest BCUT2D eigenvalue weighted by Crippen LogP contribution is -2.60. The second kappa shape index (κ2) is 63.9. The Morgan fingerprint density at radius 2 is 0.714 bits per heavy atom. The summed E-state index contributed by atoms with van der Waals surface area (Å²) in [6.45, 7) is 3.79. The van der Waals surface area contributed by atoms with Gasteiger partial charge in [-0.25, -0.2) is 0 Å². The minimum Gasteiger partial charge on any atom is -0.394 e. The van der Waals surface area contributed by atoms with E-state index in [1.807, 2.05) is 6.08 Å². The van der Waals surface area contributed by atoms with Crippen LogP contribution in [-0.2, 0) is 14.3 Å². The van der Waals surface area contributed by atoms with E-state index in [9.17, 15) is 30.3 Å². The molecule has 1 heterocycles. The SMILES string of the molecule is CCCCCCC/C=C\C/C=C\CCCCCCCCCCCCCCCCCCCC(=O)NC(COC1OC(CO)C(O)C(O)C1O)C(O)/C=C/CC/C=C/CC/C=C/CCCCCCCCCCCCCCCCCCCCCCCC. The van der Waals surface area contributed by atoms with Gasteiger partial charge in [0.05, 0.1) is 25.4 Å². The highest BCUT2D eigenvalue weighted by molar-refractivity contribution is 5.76. The lowest BCUT2D eigenvalue weighted by atomic mass is 9.99. The summed E-state index contributed by atoms with van der Waals surface area (Å²) in [4.78, 5) is 13.1. The zero-order chi connectivity index (χ0) is 60.7. The van der Waals surface area contributed by atoms with Gasteiger partial charge in [-0.3, -0.25) is 4.79 Å². The summed E-state index contributed by atoms with van der Waals surface area (Å²) in [5.74, 6) is -0.186. The molecule has 9 nitrogen and oxygen atoms in total. The number of aliphatic hydroxyl groups is 5. The predicted molar refractivity (Wildman–Crippen MR) is 359 cm³/mol. The molecule has 1 fully saturated rings. The van der Waals surface area contributed by atoms with Gasteiger partial charge in [-0.1, -0.05) is 331 Å². The first-order valence-electron chi connectivity index (χ1n) is 36.5. The van der Waals surface area contributed by atoms with E-state index in [4.69, 9.17) is 9.47 Å². The van der Waals surface area contributed by atoms with Gasteiger partial charge in [-0.15, -0.1) is 0 Å². The van der Waals surface area contributed by atoms with Crippen LogP contribution >= 0.6 is 0 Å². The summed E-state index contributed by atoms with van der Waals surface area (Å²) in [6.07, 6.45) is 82.0. The predicted octanol–water partition coefficient (Wildman–Crippen LogP) is 20.1. The molecular formula is C75H139NO8. The molecule has 6 N–H and O–H groups in total. The van der Waals surface area contributed by atoms with Crippen LogP contribution < -0.4 is 5.32 Å². The number of unbranched alkanes of at least 4 members (excludes halogenated alkanes) is 46. The molecule has 0 radical (unpaired) electrons. The molecule has 0 spiro atoms. The molecule has 0 aromatic rings. The van der Waals surface area contributed by atoms with Crippen molar-refractivity contribution in [2.45, 2.75) is 397 Å². The Kier molecular flexibility index (Phi) is 60.8. The lowest BCUT2D eigenvalue weighted by Gasteiger charge is -2.40. The fraction of sp³-hybridized carbons (Fsp3) is 0.853. The number of rotatable bonds is 64. The summed E-state index contributed by atoms with van der Waals surface area (Å²) in [5.41, 5.74) is 0. The Hall–Kier alpha value is -2.11. The minimum atomic E-state index is -1.58. The van der Waals surface area contributed by atoms with Crippen LogP contribution in [0.15, 0.2) is 60.8 Å². The van der Waals surface area contributed by atoms with E-state index in [2.05, 4.69) is 67.8 Å². The summed E-state index contributed by atoms with van der Waals surface area (Å²) in [6, 6.07) is -0.831. The number of aliphatic hydroxyl groups excluding tert-OH is 5. The molecule has 492 valence electrons. The van der Waals surface area contributed by atoms with Gasteiger partial charge in [-0.2, -0.15) is 0 Å². The van der Waals surface area contributed by atoms with Gasteiger partial charge in [0.15, 0.2) is 6.29 Å². The maximum absolute atomic E-state index is 13.1. The Labute approximate surface area is 519 Å². The molecule has 0 aliphatic carbocycles. The van der Waals surface area contributed by atoms with E-state index < -0.39 is 49.5 Å². The molecule has 0 aromatic heterocycles. The number of nitrogens with one attached hydrogen (secondary N) is 1. The fourth-order valence-electron chi connectivity index (χ4n) is 11.6. The van der Waals surface area contributed by atoms with Crippen LogP contribution in [0.1, 0.15) is 354 Å². The van der Waals surface area contributed by atoms with Gasteiger partial charge >= 0.3 is 0 Å². The molecule has 84 heavy (non-hydrogen) atoms. The van der Waals surface area contributed by atoms with Crippen LogP contribution in [0.2, 0.25) is 0 Å². The van der Waals surface area contributed by atoms with E-state index in [-0.39, 0.29) is 12.5 Å². The van der Waals surface area contributed by atoms with E-state index in [0.717, 1.165) is 51.4 Å². The summed E-state index contributed by atoms with van der Waals surface area (Å²) in [5, 5.41) is 54.8. The standard InChI is InChI=1S/C75H139NO8/c1-3-5-7-9-11-13-15-17-19-21-23-25-27-29-31-33-34-35-37-38-40-42-44-46-48-50-52-54-56-58-60-62-64-69(78)68(67-83-75-74(82)73(81)72(80)70(66-77)84-75)76-71(79)65-63-61-59-57-55-53-51-49-47-45-43-41-39-36-32-30-28-26-24-22-20-18-16-14-12-10-8-6-4-2/h16,18,22,24,46,48,54,56,62,64,68-70,72-75,77-78,80-82H,3-15,17,19-21,23,25-45,47,49-53,55,57-61,63,65-67H2,1-2H3,(H,76,79)/b18-16-,24-22-,48-46+,56-54+,64-62+. The maximum atomic E-state index is 13.1. The van der Waals surface area contributed by atoms with Crippen LogP contribution in [-0.4, -0.2) is 87.5 Å². The molecule has 1 amide bonds. The molecule has 1 saturated heterocycles. The van der Waals surface area contributed by atoms with E-state index in [1.165, 1.54) is 283 Å². The molecule has 9 heteroatoms. The van der Waals surface area contributed by atoms with Gasteiger partial charge in [-0.05, 0) is 77.0 Å². The Bertz CT molecular complexity index is 1510. The third-order valence-corrected chi connectivity index (χ3v) is 17.3. The first-order valence-corrected chi connectivity index (χ1v) is 36.5. The Morgan fingerprint density at radius 1 is 0.405 bits per heavy atom. The second-order valence-corrected chi connectivity index (χ2v) is 25.4. The molecule has 0 aromatic carbocycles. The second-order valence-electron chi connectivity index (χ2n) is 25.4. The Balaban J connectivity index is 2.15. The average Bonchev–Trinajstić information content (AvgIpc) is 3.69. The molecule has 1 aliphatic heterocycles. The van der Waals surface area contributed by atoms with Gasteiger partial charge in [0.25, 0.3) is 0 Å². The van der Waals surface area contributed by atoms with Crippen LogP contribution in [0.4, 0.5) is 0 Å². The number of hydrogen-bond acceptors (Lipinski definition) is 8. The van der Waals surface area contributed by atoms with Crippen LogP contribution in [0.25, 0.3) is 0 Å². The summed E-state index contributed by atoms with van der Waals surface area (Å²) >= 11 is 0. The van der Waals surface area contributed by atoms with Gasteiger partial charge in [0.2, 0.25) is 5.91 Å². The van der Waals surface area contributed by atoms with Crippen molar-refractivity contribution in [1.82, 2.24) is 5.32 Å². The topological polar surface area (TPSA) is 149 Å². The number of ether oxygens (including phenoxy) is 2. The highest BCUT2D eigenvalue weighted by atomic mass is 16.7. The van der Waals surface area contributed by atoms with Crippen LogP contribution in [0.5, 0.6) is 0 Å². The number of carbonyl (C=O) groups excluding carboxylic acids is 1. The van der Waals surface area contributed by atoms with Crippen LogP contribution in [0.3, 0.4) is 0 Å². The summed E-state index contributed by atoms with van der Waals surface area (Å²) in [7, 11) is 0. The first kappa shape index (κ1) is 79.9. The molecular weight excluding hydrogens is 1040 g/mol. The van der Waals surface area contributed by atoms with Gasteiger partial charge < -0.3 is 40.3 Å². The van der Waals surface area contributed by atoms with Crippen molar-refractivity contribution in [3.05, 3.63) is 60.8 Å². The third-order valence-electron chi connectivity index (χ3n) is 17.3. The number of allylic oxidation sites excluding steroid dienone is 9. The lowest BCUT2D eigenvalue weighted by molar-refractivity contribution is -0.302. The first-order chi connectivity index (χ1) is 41.3. The highest BCUT2D eigenvalue weighted by Gasteiger charge is 2.44. The zero-order valence-corrected chi connectivity index (χ0v) is 55.2. The maximum Gasteiger partial charge on any atom is 0.220 e. The van der Waals surface area contributed by atoms with Crippen molar-refractivity contribution in [3.63, 3.8) is 0 Å². The number of hydrogen-bond donors (Lipinski definition) is 6. The molecule has 1 rings (SSSR count). The van der Waals surface area contributed by atoms with Crippen molar-refractivity contribution >= 4 is 5.91 Å². The van der Waals surface area contributed by atoms with Gasteiger partial charge in [0.1, 0.15) is 24.4 Å². The summed E-state index contributed by atoms with van der Waals surface area (Å²) < 4.78 is 11.3. The average molecular weight is 1180 g/mol. The van der Waals surface area contributed by atoms with Crippen molar-refractivity contribution in [3.8, 4) is 0 Å². The normalized spacial score (nSPS) is 18.5. The van der Waals surface area contributed by atoms with Crippen molar-refractivity contribution < 1.29 is 39.8 Å². The van der Waals surface area contributed by atoms with Gasteiger partial charge in [0, 0.05) is 6.42 Å². The van der Waals surface area contributed by atoms with E-state index in [1.54, 1.807) is 6.08 Å². The molecule has 0 bridgehead atoms. The Morgan fingerprint density at radius 3 is 1.07 bits per heavy atom. The van der Waals surface area contributed by atoms with Crippen molar-refractivity contribution in [2.75, 3.05) is 13.2 Å². The van der Waals surface area contributed by atoms with Crippen molar-refractivity contribution in [1.29, 1.82) is 0 Å². The number of amides is 1. The molecule has 0 saturated carbocycles. The molecule has 7 atom stereocenters. The molecule has 1 aliphatic rings.